The van der Waals surface area contributed by atoms with E-state index in [1.807, 2.05) is 6.07 Å². The summed E-state index contributed by atoms with van der Waals surface area (Å²) >= 11 is 0. The van der Waals surface area contributed by atoms with E-state index >= 15 is 0 Å². The average molecular weight is 309 g/mol. The smallest absolute Gasteiger partial charge is 0.208 e. The van der Waals surface area contributed by atoms with Gasteiger partial charge in [0.1, 0.15) is 0 Å². The molecule has 4 heteroatoms. The maximum absolute atomic E-state index is 12.7. The van der Waals surface area contributed by atoms with E-state index in [2.05, 4.69) is 45.4 Å². The summed E-state index contributed by atoms with van der Waals surface area (Å²) in [5, 5.41) is 0. The number of nitrogens with one attached hydrogen (secondary N) is 1. The van der Waals surface area contributed by atoms with Crippen LogP contribution in [0.5, 0.6) is 0 Å². The fourth-order valence-electron chi connectivity index (χ4n) is 2.54. The molecule has 0 atom stereocenters. The molecule has 0 saturated heterocycles. The van der Waals surface area contributed by atoms with Crippen molar-refractivity contribution >= 4 is 10.0 Å². The van der Waals surface area contributed by atoms with Crippen LogP contribution in [0.2, 0.25) is 0 Å². The number of rotatable bonds is 4. The van der Waals surface area contributed by atoms with Gasteiger partial charge >= 0.3 is 0 Å². The van der Waals surface area contributed by atoms with Crippen molar-refractivity contribution in [3.05, 3.63) is 29.3 Å². The van der Waals surface area contributed by atoms with Gasteiger partial charge in [-0.2, -0.15) is 0 Å². The Morgan fingerprint density at radius 2 is 1.81 bits per heavy atom. The molecule has 0 amide bonds. The second kappa shape index (κ2) is 5.73. The third kappa shape index (κ3) is 3.67. The standard InChI is InChI=1S/C17H27NO2S/c1-12(2)13-9-10-16(15(11-13)17(3,4)5)21(19,20)18-14-7-6-8-14/h9-12,14,18H,6-8H2,1-5H3. The van der Waals surface area contributed by atoms with Gasteiger partial charge in [-0.05, 0) is 41.4 Å². The van der Waals surface area contributed by atoms with E-state index in [1.165, 1.54) is 5.56 Å². The summed E-state index contributed by atoms with van der Waals surface area (Å²) in [6.07, 6.45) is 3.02. The second-order valence-corrected chi connectivity index (χ2v) is 9.09. The maximum Gasteiger partial charge on any atom is 0.241 e. The van der Waals surface area contributed by atoms with Crippen molar-refractivity contribution in [1.82, 2.24) is 4.72 Å². The Labute approximate surface area is 129 Å². The van der Waals surface area contributed by atoms with Crippen LogP contribution in [0.1, 0.15) is 70.9 Å². The van der Waals surface area contributed by atoms with Crippen LogP contribution in [0.15, 0.2) is 23.1 Å². The molecule has 0 radical (unpaired) electrons. The molecule has 1 aliphatic carbocycles. The van der Waals surface area contributed by atoms with E-state index in [9.17, 15) is 8.42 Å². The molecule has 2 rings (SSSR count). The van der Waals surface area contributed by atoms with Crippen LogP contribution in [0.4, 0.5) is 0 Å². The molecular formula is C17H27NO2S. The van der Waals surface area contributed by atoms with Crippen molar-refractivity contribution in [1.29, 1.82) is 0 Å². The lowest BCUT2D eigenvalue weighted by molar-refractivity contribution is 0.383. The first-order valence-electron chi connectivity index (χ1n) is 7.78. The molecule has 0 bridgehead atoms. The highest BCUT2D eigenvalue weighted by atomic mass is 32.2. The molecule has 1 saturated carbocycles. The van der Waals surface area contributed by atoms with Crippen LogP contribution < -0.4 is 4.72 Å². The molecule has 0 spiro atoms. The molecule has 118 valence electrons. The van der Waals surface area contributed by atoms with Gasteiger partial charge in [0.15, 0.2) is 0 Å². The fourth-order valence-corrected chi connectivity index (χ4v) is 4.24. The zero-order chi connectivity index (χ0) is 15.8. The zero-order valence-corrected chi connectivity index (χ0v) is 14.5. The van der Waals surface area contributed by atoms with Crippen molar-refractivity contribution in [3.63, 3.8) is 0 Å². The van der Waals surface area contributed by atoms with E-state index in [-0.39, 0.29) is 11.5 Å². The molecule has 0 aromatic heterocycles. The third-order valence-electron chi connectivity index (χ3n) is 4.19. The molecule has 3 nitrogen and oxygen atoms in total. The van der Waals surface area contributed by atoms with Gasteiger partial charge in [0.25, 0.3) is 0 Å². The minimum absolute atomic E-state index is 0.118. The molecule has 0 aliphatic heterocycles. The number of sulfonamides is 1. The Balaban J connectivity index is 2.46. The first kappa shape index (κ1) is 16.5. The Morgan fingerprint density at radius 3 is 2.24 bits per heavy atom. The predicted molar refractivity (Wildman–Crippen MR) is 87.2 cm³/mol. The van der Waals surface area contributed by atoms with E-state index in [0.717, 1.165) is 24.8 Å². The Morgan fingerprint density at radius 1 is 1.19 bits per heavy atom. The molecule has 1 aliphatic rings. The first-order chi connectivity index (χ1) is 9.61. The minimum atomic E-state index is -3.43. The molecule has 0 heterocycles. The normalized spacial score (nSPS) is 17.0. The van der Waals surface area contributed by atoms with Crippen LogP contribution in [0.3, 0.4) is 0 Å². The molecule has 21 heavy (non-hydrogen) atoms. The summed E-state index contributed by atoms with van der Waals surface area (Å²) in [5.74, 6) is 0.391. The van der Waals surface area contributed by atoms with Crippen LogP contribution in [0, 0.1) is 0 Å². The Hall–Kier alpha value is -0.870. The average Bonchev–Trinajstić information content (AvgIpc) is 2.32. The van der Waals surface area contributed by atoms with Gasteiger partial charge in [-0.3, -0.25) is 0 Å². The van der Waals surface area contributed by atoms with E-state index in [0.29, 0.717) is 10.8 Å². The SMILES string of the molecule is CC(C)c1ccc(S(=O)(=O)NC2CCC2)c(C(C)(C)C)c1. The second-order valence-electron chi connectivity index (χ2n) is 7.41. The highest BCUT2D eigenvalue weighted by Gasteiger charge is 2.30. The van der Waals surface area contributed by atoms with Crippen molar-refractivity contribution in [2.24, 2.45) is 0 Å². The molecule has 1 fully saturated rings. The topological polar surface area (TPSA) is 46.2 Å². The van der Waals surface area contributed by atoms with Gasteiger partial charge in [-0.25, -0.2) is 13.1 Å². The van der Waals surface area contributed by atoms with Crippen molar-refractivity contribution in [2.45, 2.75) is 76.2 Å². The van der Waals surface area contributed by atoms with Gasteiger partial charge in [-0.15, -0.1) is 0 Å². The summed E-state index contributed by atoms with van der Waals surface area (Å²) in [6.45, 7) is 10.4. The molecular weight excluding hydrogens is 282 g/mol. The minimum Gasteiger partial charge on any atom is -0.208 e. The van der Waals surface area contributed by atoms with Gasteiger partial charge in [0.2, 0.25) is 10.0 Å². The molecule has 1 N–H and O–H groups in total. The fraction of sp³-hybridized carbons (Fsp3) is 0.647. The largest absolute Gasteiger partial charge is 0.241 e. The number of hydrogen-bond donors (Lipinski definition) is 1. The highest BCUT2D eigenvalue weighted by Crippen LogP contribution is 2.32. The third-order valence-corrected chi connectivity index (χ3v) is 5.77. The van der Waals surface area contributed by atoms with Crippen LogP contribution in [-0.2, 0) is 15.4 Å². The summed E-state index contributed by atoms with van der Waals surface area (Å²) in [6, 6.07) is 5.89. The van der Waals surface area contributed by atoms with Crippen molar-refractivity contribution in [2.75, 3.05) is 0 Å². The van der Waals surface area contributed by atoms with Crippen LogP contribution in [-0.4, -0.2) is 14.5 Å². The zero-order valence-electron chi connectivity index (χ0n) is 13.7. The Bertz CT molecular complexity index is 608. The van der Waals surface area contributed by atoms with Crippen LogP contribution in [0.25, 0.3) is 0 Å². The summed E-state index contributed by atoms with van der Waals surface area (Å²) in [4.78, 5) is 0.436. The van der Waals surface area contributed by atoms with Gasteiger partial charge in [-0.1, -0.05) is 53.2 Å². The summed E-state index contributed by atoms with van der Waals surface area (Å²) in [7, 11) is -3.43. The lowest BCUT2D eigenvalue weighted by Crippen LogP contribution is -2.40. The maximum atomic E-state index is 12.7. The quantitative estimate of drug-likeness (QED) is 0.915. The number of benzene rings is 1. The lowest BCUT2D eigenvalue weighted by Gasteiger charge is -2.29. The van der Waals surface area contributed by atoms with Crippen molar-refractivity contribution in [3.8, 4) is 0 Å². The van der Waals surface area contributed by atoms with E-state index < -0.39 is 10.0 Å². The van der Waals surface area contributed by atoms with Gasteiger partial charge in [0.05, 0.1) is 4.90 Å². The monoisotopic (exact) mass is 309 g/mol. The lowest BCUT2D eigenvalue weighted by atomic mass is 9.85. The van der Waals surface area contributed by atoms with E-state index in [4.69, 9.17) is 0 Å². The van der Waals surface area contributed by atoms with Crippen LogP contribution >= 0.6 is 0 Å². The number of hydrogen-bond acceptors (Lipinski definition) is 2. The van der Waals surface area contributed by atoms with Crippen molar-refractivity contribution < 1.29 is 8.42 Å². The molecule has 1 aromatic rings. The molecule has 0 unspecified atom stereocenters. The van der Waals surface area contributed by atoms with Gasteiger partial charge < -0.3 is 0 Å². The molecule has 1 aromatic carbocycles. The summed E-state index contributed by atoms with van der Waals surface area (Å²) in [5.41, 5.74) is 1.89. The highest BCUT2D eigenvalue weighted by molar-refractivity contribution is 7.89. The predicted octanol–water partition coefficient (Wildman–Crippen LogP) is 3.94. The Kier molecular flexibility index (Phi) is 4.50. The first-order valence-corrected chi connectivity index (χ1v) is 9.26. The summed E-state index contributed by atoms with van der Waals surface area (Å²) < 4.78 is 28.2. The van der Waals surface area contributed by atoms with Gasteiger partial charge in [0, 0.05) is 6.04 Å². The van der Waals surface area contributed by atoms with E-state index in [1.54, 1.807) is 6.07 Å².